The zero-order chi connectivity index (χ0) is 30.6. The number of anilines is 1. The fourth-order valence-electron chi connectivity index (χ4n) is 5.76. The molecule has 0 N–H and O–H groups in total. The highest BCUT2D eigenvalue weighted by Crippen LogP contribution is 2.31. The summed E-state index contributed by atoms with van der Waals surface area (Å²) in [4.78, 5) is 22.9. The number of unbranched alkanes of at least 4 members (excludes halogenated alkanes) is 1. The topological polar surface area (TPSA) is 91.2 Å². The molecule has 6 rings (SSSR count). The Morgan fingerprint density at radius 3 is 2.55 bits per heavy atom. The van der Waals surface area contributed by atoms with Crippen LogP contribution in [-0.2, 0) is 6.54 Å². The lowest BCUT2D eigenvalue weighted by Gasteiger charge is -2.34. The SMILES string of the molecule is CN1CCN(c2cc3c(cc2F)c(=O)c(-c2noc(C(CCCC#N)c4ccccc4)n2)cn3Cc2ccc(Cl)cc2)CC1. The van der Waals surface area contributed by atoms with Crippen molar-refractivity contribution < 1.29 is 8.91 Å². The van der Waals surface area contributed by atoms with E-state index in [9.17, 15) is 4.79 Å². The van der Waals surface area contributed by atoms with Crippen LogP contribution < -0.4 is 10.3 Å². The average Bonchev–Trinajstić information content (AvgIpc) is 3.52. The molecule has 1 aliphatic rings. The van der Waals surface area contributed by atoms with E-state index in [-0.39, 0.29) is 28.1 Å². The van der Waals surface area contributed by atoms with Crippen molar-refractivity contribution in [3.8, 4) is 17.5 Å². The normalized spacial score (nSPS) is 14.5. The van der Waals surface area contributed by atoms with E-state index in [1.165, 1.54) is 6.07 Å². The molecule has 1 atom stereocenters. The number of aromatic nitrogens is 3. The number of piperazine rings is 1. The molecule has 0 radical (unpaired) electrons. The van der Waals surface area contributed by atoms with Crippen molar-refractivity contribution in [3.63, 3.8) is 0 Å². The number of pyridine rings is 1. The molecule has 2 aromatic heterocycles. The number of rotatable bonds is 9. The van der Waals surface area contributed by atoms with Crippen molar-refractivity contribution in [1.29, 1.82) is 5.26 Å². The number of likely N-dealkylation sites (N-methyl/N-ethyl adjacent to an activating group) is 1. The van der Waals surface area contributed by atoms with E-state index >= 15 is 4.39 Å². The molecule has 8 nitrogen and oxygen atoms in total. The molecule has 44 heavy (non-hydrogen) atoms. The summed E-state index contributed by atoms with van der Waals surface area (Å²) >= 11 is 6.14. The minimum absolute atomic E-state index is 0.140. The Bertz CT molecular complexity index is 1860. The molecule has 3 heterocycles. The van der Waals surface area contributed by atoms with Crippen molar-refractivity contribution >= 4 is 28.2 Å². The number of halogens is 2. The molecule has 1 fully saturated rings. The Kier molecular flexibility index (Phi) is 8.73. The van der Waals surface area contributed by atoms with Crippen molar-refractivity contribution in [2.24, 2.45) is 0 Å². The third kappa shape index (κ3) is 6.23. The van der Waals surface area contributed by atoms with Crippen molar-refractivity contribution in [2.45, 2.75) is 31.7 Å². The second kappa shape index (κ2) is 13.0. The van der Waals surface area contributed by atoms with Crippen molar-refractivity contribution in [1.82, 2.24) is 19.6 Å². The number of benzene rings is 3. The zero-order valence-electron chi connectivity index (χ0n) is 24.4. The second-order valence-corrected chi connectivity index (χ2v) is 11.6. The maximum absolute atomic E-state index is 15.7. The maximum Gasteiger partial charge on any atom is 0.234 e. The van der Waals surface area contributed by atoms with E-state index in [1.807, 2.05) is 64.1 Å². The molecule has 1 aliphatic heterocycles. The molecule has 0 spiro atoms. The van der Waals surface area contributed by atoms with Crippen LogP contribution in [0.2, 0.25) is 5.02 Å². The maximum atomic E-state index is 15.7. The monoisotopic (exact) mass is 610 g/mol. The number of fused-ring (bicyclic) bond motifs is 1. The summed E-state index contributed by atoms with van der Waals surface area (Å²) < 4.78 is 23.4. The van der Waals surface area contributed by atoms with Gasteiger partial charge in [-0.3, -0.25) is 4.79 Å². The molecular formula is C34H32ClFN6O2. The molecule has 1 unspecified atom stereocenters. The number of nitrogens with zero attached hydrogens (tertiary/aromatic N) is 6. The van der Waals surface area contributed by atoms with Gasteiger partial charge in [0.2, 0.25) is 17.1 Å². The zero-order valence-corrected chi connectivity index (χ0v) is 25.2. The highest BCUT2D eigenvalue weighted by molar-refractivity contribution is 6.30. The summed E-state index contributed by atoms with van der Waals surface area (Å²) in [6.45, 7) is 3.46. The summed E-state index contributed by atoms with van der Waals surface area (Å²) in [5.74, 6) is -0.165. The fraction of sp³-hybridized carbons (Fsp3) is 0.294. The van der Waals surface area contributed by atoms with Gasteiger partial charge in [-0.15, -0.1) is 0 Å². The molecule has 0 bridgehead atoms. The molecular weight excluding hydrogens is 579 g/mol. The van der Waals surface area contributed by atoms with E-state index in [4.69, 9.17) is 21.4 Å². The van der Waals surface area contributed by atoms with Gasteiger partial charge >= 0.3 is 0 Å². The van der Waals surface area contributed by atoms with Crippen LogP contribution in [0.4, 0.5) is 10.1 Å². The van der Waals surface area contributed by atoms with Crippen LogP contribution in [0.3, 0.4) is 0 Å². The van der Waals surface area contributed by atoms with Crippen LogP contribution in [0.25, 0.3) is 22.3 Å². The van der Waals surface area contributed by atoms with Gasteiger partial charge in [-0.25, -0.2) is 4.39 Å². The second-order valence-electron chi connectivity index (χ2n) is 11.2. The first-order chi connectivity index (χ1) is 21.4. The minimum Gasteiger partial charge on any atom is -0.367 e. The average molecular weight is 611 g/mol. The van der Waals surface area contributed by atoms with Crippen molar-refractivity contribution in [3.05, 3.63) is 111 Å². The molecule has 1 saturated heterocycles. The molecule has 0 amide bonds. The van der Waals surface area contributed by atoms with Gasteiger partial charge in [0.1, 0.15) is 5.82 Å². The quantitative estimate of drug-likeness (QED) is 0.177. The van der Waals surface area contributed by atoms with Crippen LogP contribution in [0.5, 0.6) is 0 Å². The first-order valence-electron chi connectivity index (χ1n) is 14.7. The number of hydrogen-bond donors (Lipinski definition) is 0. The van der Waals surface area contributed by atoms with Gasteiger partial charge in [0.25, 0.3) is 0 Å². The summed E-state index contributed by atoms with van der Waals surface area (Å²) in [6, 6.07) is 22.6. The lowest BCUT2D eigenvalue weighted by Crippen LogP contribution is -2.44. The predicted molar refractivity (Wildman–Crippen MR) is 169 cm³/mol. The molecule has 10 heteroatoms. The molecule has 224 valence electrons. The Morgan fingerprint density at radius 1 is 1.07 bits per heavy atom. The van der Waals surface area contributed by atoms with Gasteiger partial charge in [0.05, 0.1) is 28.8 Å². The summed E-state index contributed by atoms with van der Waals surface area (Å²) in [7, 11) is 2.05. The van der Waals surface area contributed by atoms with Gasteiger partial charge in [0, 0.05) is 55.8 Å². The highest BCUT2D eigenvalue weighted by Gasteiger charge is 2.25. The Morgan fingerprint density at radius 2 is 1.82 bits per heavy atom. The van der Waals surface area contributed by atoms with Gasteiger partial charge in [0.15, 0.2) is 0 Å². The molecule has 5 aromatic rings. The van der Waals surface area contributed by atoms with E-state index in [1.54, 1.807) is 12.3 Å². The summed E-state index contributed by atoms with van der Waals surface area (Å²) in [5.41, 5.74) is 2.89. The van der Waals surface area contributed by atoms with Crippen LogP contribution in [0, 0.1) is 17.1 Å². The van der Waals surface area contributed by atoms with Crippen LogP contribution in [0.1, 0.15) is 42.2 Å². The van der Waals surface area contributed by atoms with E-state index in [0.29, 0.717) is 61.0 Å². The van der Waals surface area contributed by atoms with Crippen LogP contribution in [-0.4, -0.2) is 52.8 Å². The van der Waals surface area contributed by atoms with E-state index < -0.39 is 5.82 Å². The third-order valence-corrected chi connectivity index (χ3v) is 8.47. The highest BCUT2D eigenvalue weighted by atomic mass is 35.5. The molecule has 0 aliphatic carbocycles. The summed E-state index contributed by atoms with van der Waals surface area (Å²) in [5, 5.41) is 14.2. The predicted octanol–water partition coefficient (Wildman–Crippen LogP) is 6.47. The number of nitriles is 1. The van der Waals surface area contributed by atoms with Crippen LogP contribution >= 0.6 is 11.6 Å². The van der Waals surface area contributed by atoms with Gasteiger partial charge in [-0.1, -0.05) is 59.2 Å². The van der Waals surface area contributed by atoms with Gasteiger partial charge < -0.3 is 18.9 Å². The summed E-state index contributed by atoms with van der Waals surface area (Å²) in [6.07, 6.45) is 3.43. The Balaban J connectivity index is 1.45. The third-order valence-electron chi connectivity index (χ3n) is 8.22. The number of hydrogen-bond acceptors (Lipinski definition) is 7. The first kappa shape index (κ1) is 29.5. The Hall–Kier alpha value is -4.52. The van der Waals surface area contributed by atoms with Gasteiger partial charge in [-0.05, 0) is 55.3 Å². The van der Waals surface area contributed by atoms with Crippen LogP contribution in [0.15, 0.2) is 82.2 Å². The molecule has 3 aromatic carbocycles. The Labute approximate surface area is 259 Å². The largest absolute Gasteiger partial charge is 0.367 e. The van der Waals surface area contributed by atoms with Gasteiger partial charge in [-0.2, -0.15) is 10.2 Å². The lowest BCUT2D eigenvalue weighted by atomic mass is 9.93. The fourth-order valence-corrected chi connectivity index (χ4v) is 5.88. The van der Waals surface area contributed by atoms with E-state index in [2.05, 4.69) is 28.2 Å². The first-order valence-corrected chi connectivity index (χ1v) is 15.1. The van der Waals surface area contributed by atoms with E-state index in [0.717, 1.165) is 24.2 Å². The molecule has 0 saturated carbocycles. The van der Waals surface area contributed by atoms with Crippen molar-refractivity contribution in [2.75, 3.05) is 38.1 Å². The minimum atomic E-state index is -0.440. The lowest BCUT2D eigenvalue weighted by molar-refractivity contribution is 0.312. The standard InChI is InChI=1S/C34H32ClFN6O2/c1-40-15-17-41(18-16-40)31-20-30-27(19-29(31)36)32(43)28(22-42(30)21-23-10-12-25(35)13-11-23)33-38-34(44-39-33)26(9-5-6-14-37)24-7-3-2-4-8-24/h2-4,7-8,10-13,19-20,22,26H,5-6,9,15-18,21H2,1H3. The smallest absolute Gasteiger partial charge is 0.234 e.